The van der Waals surface area contributed by atoms with Crippen molar-refractivity contribution in [1.82, 2.24) is 5.32 Å². The first-order valence-corrected chi connectivity index (χ1v) is 8.94. The van der Waals surface area contributed by atoms with Crippen molar-refractivity contribution in [2.45, 2.75) is 57.9 Å². The second kappa shape index (κ2) is 9.42. The number of nitrogens with one attached hydrogen (secondary N) is 2. The summed E-state index contributed by atoms with van der Waals surface area (Å²) in [4.78, 5) is 24.0. The molecule has 0 saturated heterocycles. The average molecular weight is 332 g/mol. The molecule has 1 aliphatic carbocycles. The first kappa shape index (κ1) is 18.5. The van der Waals surface area contributed by atoms with Crippen molar-refractivity contribution >= 4 is 17.5 Å². The summed E-state index contributed by atoms with van der Waals surface area (Å²) >= 11 is 0. The van der Waals surface area contributed by atoms with E-state index < -0.39 is 0 Å². The highest BCUT2D eigenvalue weighted by Gasteiger charge is 2.16. The molecule has 0 bridgehead atoms. The molecule has 0 radical (unpaired) electrons. The number of carbonyl (C=O) groups is 2. The van der Waals surface area contributed by atoms with Crippen LogP contribution in [0.5, 0.6) is 0 Å². The lowest BCUT2D eigenvalue weighted by Crippen LogP contribution is -2.36. The molecule has 1 atom stereocenters. The number of aliphatic hydroxyl groups is 1. The summed E-state index contributed by atoms with van der Waals surface area (Å²) in [6.45, 7) is 1.84. The highest BCUT2D eigenvalue weighted by molar-refractivity contribution is 5.95. The van der Waals surface area contributed by atoms with E-state index in [1.54, 1.807) is 24.3 Å². The molecular formula is C19H28N2O3. The van der Waals surface area contributed by atoms with Gasteiger partial charge in [0.1, 0.15) is 0 Å². The molecule has 1 aliphatic rings. The number of hydrogen-bond acceptors (Lipinski definition) is 3. The van der Waals surface area contributed by atoms with Gasteiger partial charge in [0, 0.05) is 17.7 Å². The maximum absolute atomic E-state index is 12.0. The lowest BCUT2D eigenvalue weighted by atomic mass is 10.0. The molecular weight excluding hydrogens is 304 g/mol. The van der Waals surface area contributed by atoms with Crippen LogP contribution in [0.15, 0.2) is 24.3 Å². The molecule has 0 aromatic heterocycles. The Bertz CT molecular complexity index is 532. The van der Waals surface area contributed by atoms with Crippen LogP contribution in [-0.4, -0.2) is 29.6 Å². The quantitative estimate of drug-likeness (QED) is 0.684. The minimum Gasteiger partial charge on any atom is -0.394 e. The molecule has 0 heterocycles. The molecule has 2 rings (SSSR count). The van der Waals surface area contributed by atoms with E-state index in [0.717, 1.165) is 6.42 Å². The Kier molecular flexibility index (Phi) is 7.25. The summed E-state index contributed by atoms with van der Waals surface area (Å²) in [6, 6.07) is 6.62. The Morgan fingerprint density at radius 3 is 2.46 bits per heavy atom. The van der Waals surface area contributed by atoms with E-state index in [4.69, 9.17) is 5.11 Å². The fourth-order valence-corrected chi connectivity index (χ4v) is 3.11. The number of carbonyl (C=O) groups excluding carboxylic acids is 2. The predicted molar refractivity (Wildman–Crippen MR) is 94.9 cm³/mol. The molecule has 132 valence electrons. The summed E-state index contributed by atoms with van der Waals surface area (Å²) in [5, 5.41) is 14.8. The van der Waals surface area contributed by atoms with Crippen molar-refractivity contribution in [2.24, 2.45) is 5.92 Å². The van der Waals surface area contributed by atoms with Crippen LogP contribution in [0.4, 0.5) is 5.69 Å². The first-order valence-electron chi connectivity index (χ1n) is 8.94. The maximum atomic E-state index is 12.0. The SMILES string of the molecule is CCC(CO)NC(=O)c1ccc(NC(=O)CCC2CCCC2)cc1. The Balaban J connectivity index is 1.80. The van der Waals surface area contributed by atoms with E-state index in [2.05, 4.69) is 10.6 Å². The molecule has 5 heteroatoms. The van der Waals surface area contributed by atoms with Crippen molar-refractivity contribution in [3.8, 4) is 0 Å². The third-order valence-electron chi connectivity index (χ3n) is 4.73. The van der Waals surface area contributed by atoms with Crippen LogP contribution in [0, 0.1) is 5.92 Å². The molecule has 0 aliphatic heterocycles. The van der Waals surface area contributed by atoms with Crippen LogP contribution in [0.2, 0.25) is 0 Å². The van der Waals surface area contributed by atoms with E-state index in [-0.39, 0.29) is 24.5 Å². The van der Waals surface area contributed by atoms with Crippen LogP contribution >= 0.6 is 0 Å². The van der Waals surface area contributed by atoms with Crippen LogP contribution in [-0.2, 0) is 4.79 Å². The van der Waals surface area contributed by atoms with Gasteiger partial charge in [0.25, 0.3) is 5.91 Å². The van der Waals surface area contributed by atoms with Gasteiger partial charge in [-0.25, -0.2) is 0 Å². The third-order valence-corrected chi connectivity index (χ3v) is 4.73. The molecule has 3 N–H and O–H groups in total. The van der Waals surface area contributed by atoms with Crippen LogP contribution in [0.25, 0.3) is 0 Å². The van der Waals surface area contributed by atoms with E-state index >= 15 is 0 Å². The summed E-state index contributed by atoms with van der Waals surface area (Å²) in [5.74, 6) is 0.528. The van der Waals surface area contributed by atoms with Crippen molar-refractivity contribution in [2.75, 3.05) is 11.9 Å². The van der Waals surface area contributed by atoms with Crippen LogP contribution in [0.1, 0.15) is 62.2 Å². The minimum atomic E-state index is -0.229. The summed E-state index contributed by atoms with van der Waals surface area (Å²) in [6.07, 6.45) is 7.30. The fraction of sp³-hybridized carbons (Fsp3) is 0.579. The average Bonchev–Trinajstić information content (AvgIpc) is 3.12. The molecule has 24 heavy (non-hydrogen) atoms. The monoisotopic (exact) mass is 332 g/mol. The highest BCUT2D eigenvalue weighted by atomic mass is 16.3. The Hall–Kier alpha value is -1.88. The Morgan fingerprint density at radius 1 is 1.21 bits per heavy atom. The minimum absolute atomic E-state index is 0.0328. The zero-order valence-corrected chi connectivity index (χ0v) is 14.4. The largest absolute Gasteiger partial charge is 0.394 e. The molecule has 1 aromatic rings. The van der Waals surface area contributed by atoms with Gasteiger partial charge in [-0.3, -0.25) is 9.59 Å². The van der Waals surface area contributed by atoms with E-state index in [0.29, 0.717) is 30.0 Å². The van der Waals surface area contributed by atoms with E-state index in [1.807, 2.05) is 6.92 Å². The lowest BCUT2D eigenvalue weighted by molar-refractivity contribution is -0.116. The normalized spacial score (nSPS) is 15.9. The van der Waals surface area contributed by atoms with Gasteiger partial charge in [-0.1, -0.05) is 32.6 Å². The number of benzene rings is 1. The van der Waals surface area contributed by atoms with Crippen molar-refractivity contribution in [3.05, 3.63) is 29.8 Å². The topological polar surface area (TPSA) is 78.4 Å². The molecule has 1 unspecified atom stereocenters. The molecule has 0 spiro atoms. The summed E-state index contributed by atoms with van der Waals surface area (Å²) in [7, 11) is 0. The third kappa shape index (κ3) is 5.64. The lowest BCUT2D eigenvalue weighted by Gasteiger charge is -2.14. The van der Waals surface area contributed by atoms with Gasteiger partial charge in [0.15, 0.2) is 0 Å². The first-order chi connectivity index (χ1) is 11.6. The van der Waals surface area contributed by atoms with Crippen LogP contribution < -0.4 is 10.6 Å². The van der Waals surface area contributed by atoms with Gasteiger partial charge < -0.3 is 15.7 Å². The van der Waals surface area contributed by atoms with Crippen molar-refractivity contribution < 1.29 is 14.7 Å². The highest BCUT2D eigenvalue weighted by Crippen LogP contribution is 2.28. The van der Waals surface area contributed by atoms with Crippen molar-refractivity contribution in [3.63, 3.8) is 0 Å². The van der Waals surface area contributed by atoms with Gasteiger partial charge in [0.2, 0.25) is 5.91 Å². The number of rotatable bonds is 8. The van der Waals surface area contributed by atoms with Gasteiger partial charge in [0.05, 0.1) is 12.6 Å². The zero-order chi connectivity index (χ0) is 17.4. The fourth-order valence-electron chi connectivity index (χ4n) is 3.11. The van der Waals surface area contributed by atoms with Gasteiger partial charge in [-0.05, 0) is 43.0 Å². The van der Waals surface area contributed by atoms with Gasteiger partial charge >= 0.3 is 0 Å². The van der Waals surface area contributed by atoms with Gasteiger partial charge in [-0.15, -0.1) is 0 Å². The zero-order valence-electron chi connectivity index (χ0n) is 14.4. The molecule has 1 fully saturated rings. The van der Waals surface area contributed by atoms with E-state index in [1.165, 1.54) is 25.7 Å². The maximum Gasteiger partial charge on any atom is 0.251 e. The van der Waals surface area contributed by atoms with Crippen LogP contribution in [0.3, 0.4) is 0 Å². The molecule has 1 aromatic carbocycles. The smallest absolute Gasteiger partial charge is 0.251 e. The van der Waals surface area contributed by atoms with E-state index in [9.17, 15) is 9.59 Å². The number of amides is 2. The molecule has 1 saturated carbocycles. The van der Waals surface area contributed by atoms with Gasteiger partial charge in [-0.2, -0.15) is 0 Å². The van der Waals surface area contributed by atoms with Crippen molar-refractivity contribution in [1.29, 1.82) is 0 Å². The number of aliphatic hydroxyl groups excluding tert-OH is 1. The molecule has 2 amide bonds. The Morgan fingerprint density at radius 2 is 1.88 bits per heavy atom. The summed E-state index contributed by atoms with van der Waals surface area (Å²) in [5.41, 5.74) is 1.23. The second-order valence-corrected chi connectivity index (χ2v) is 6.58. The predicted octanol–water partition coefficient (Wildman–Crippen LogP) is 3.10. The second-order valence-electron chi connectivity index (χ2n) is 6.58. The Labute approximate surface area is 143 Å². The standard InChI is InChI=1S/C19H28N2O3/c1-2-16(13-22)21-19(24)15-8-10-17(11-9-15)20-18(23)12-7-14-5-3-4-6-14/h8-11,14,16,22H,2-7,12-13H2,1H3,(H,20,23)(H,21,24). The summed E-state index contributed by atoms with van der Waals surface area (Å²) < 4.78 is 0. The molecule has 5 nitrogen and oxygen atoms in total. The number of hydrogen-bond donors (Lipinski definition) is 3. The number of anilines is 1.